The highest BCUT2D eigenvalue weighted by molar-refractivity contribution is 5.99. The molecule has 1 atom stereocenters. The Bertz CT molecular complexity index is 652. The van der Waals surface area contributed by atoms with Gasteiger partial charge in [0.05, 0.1) is 12.5 Å². The minimum atomic E-state index is -0.243. The van der Waals surface area contributed by atoms with Gasteiger partial charge in [-0.15, -0.1) is 0 Å². The smallest absolute Gasteiger partial charge is 0.228 e. The summed E-state index contributed by atoms with van der Waals surface area (Å²) in [6.07, 6.45) is 0.420. The lowest BCUT2D eigenvalue weighted by atomic mass is 9.96. The van der Waals surface area contributed by atoms with Gasteiger partial charge in [-0.05, 0) is 41.9 Å². The van der Waals surface area contributed by atoms with E-state index in [-0.39, 0.29) is 17.8 Å². The largest absolute Gasteiger partial charge is 0.326 e. The second-order valence-electron chi connectivity index (χ2n) is 4.91. The van der Waals surface area contributed by atoms with E-state index in [1.54, 1.807) is 12.1 Å². The standard InChI is InChI=1S/C16H15FN2O/c1-18-16(10-2-5-13(17)6-3-10)11-4-7-14-12(8-11)9-15(20)19-14/h2-8,16,18H,9H2,1H3,(H,19,20). The molecule has 2 N–H and O–H groups in total. The number of anilines is 1. The van der Waals surface area contributed by atoms with E-state index in [1.807, 2.05) is 25.2 Å². The molecule has 0 aromatic heterocycles. The van der Waals surface area contributed by atoms with Gasteiger partial charge in [-0.25, -0.2) is 4.39 Å². The van der Waals surface area contributed by atoms with E-state index in [9.17, 15) is 9.18 Å². The lowest BCUT2D eigenvalue weighted by molar-refractivity contribution is -0.115. The van der Waals surface area contributed by atoms with Gasteiger partial charge in [0.1, 0.15) is 5.82 Å². The molecule has 2 aromatic carbocycles. The quantitative estimate of drug-likeness (QED) is 0.900. The van der Waals surface area contributed by atoms with Crippen molar-refractivity contribution in [2.24, 2.45) is 0 Å². The van der Waals surface area contributed by atoms with Crippen molar-refractivity contribution in [2.45, 2.75) is 12.5 Å². The second-order valence-corrected chi connectivity index (χ2v) is 4.91. The number of carbonyl (C=O) groups excluding carboxylic acids is 1. The maximum atomic E-state index is 13.0. The van der Waals surface area contributed by atoms with Crippen LogP contribution in [-0.4, -0.2) is 13.0 Å². The van der Waals surface area contributed by atoms with E-state index in [0.29, 0.717) is 6.42 Å². The number of rotatable bonds is 3. The molecule has 3 rings (SSSR count). The summed E-state index contributed by atoms with van der Waals surface area (Å²) >= 11 is 0. The van der Waals surface area contributed by atoms with Crippen molar-refractivity contribution in [3.8, 4) is 0 Å². The van der Waals surface area contributed by atoms with Gasteiger partial charge in [0.25, 0.3) is 0 Å². The highest BCUT2D eigenvalue weighted by Crippen LogP contribution is 2.29. The van der Waals surface area contributed by atoms with Gasteiger partial charge >= 0.3 is 0 Å². The minimum absolute atomic E-state index is 0.0170. The zero-order chi connectivity index (χ0) is 14.1. The van der Waals surface area contributed by atoms with Gasteiger partial charge in [-0.1, -0.05) is 24.3 Å². The molecule has 0 aliphatic carbocycles. The Balaban J connectivity index is 1.96. The Morgan fingerprint density at radius 2 is 1.85 bits per heavy atom. The first-order valence-corrected chi connectivity index (χ1v) is 6.53. The first-order valence-electron chi connectivity index (χ1n) is 6.53. The molecule has 3 nitrogen and oxygen atoms in total. The molecule has 0 saturated carbocycles. The number of halogens is 1. The summed E-state index contributed by atoms with van der Waals surface area (Å²) in [6, 6.07) is 12.4. The van der Waals surface area contributed by atoms with Crippen LogP contribution in [0.5, 0.6) is 0 Å². The molecule has 20 heavy (non-hydrogen) atoms. The van der Waals surface area contributed by atoms with Gasteiger partial charge < -0.3 is 10.6 Å². The Labute approximate surface area is 116 Å². The lowest BCUT2D eigenvalue weighted by Gasteiger charge is -2.18. The zero-order valence-corrected chi connectivity index (χ0v) is 11.1. The number of benzene rings is 2. The summed E-state index contributed by atoms with van der Waals surface area (Å²) in [6.45, 7) is 0. The third-order valence-corrected chi connectivity index (χ3v) is 3.58. The first kappa shape index (κ1) is 12.8. The number of amides is 1. The monoisotopic (exact) mass is 270 g/mol. The minimum Gasteiger partial charge on any atom is -0.326 e. The van der Waals surface area contributed by atoms with Crippen molar-refractivity contribution in [1.29, 1.82) is 0 Å². The summed E-state index contributed by atoms with van der Waals surface area (Å²) in [7, 11) is 1.87. The fourth-order valence-electron chi connectivity index (χ4n) is 2.61. The summed E-state index contributed by atoms with van der Waals surface area (Å²) < 4.78 is 13.0. The molecule has 1 heterocycles. The van der Waals surface area contributed by atoms with Crippen molar-refractivity contribution in [1.82, 2.24) is 5.32 Å². The van der Waals surface area contributed by atoms with E-state index in [0.717, 1.165) is 22.4 Å². The maximum absolute atomic E-state index is 13.0. The summed E-state index contributed by atoms with van der Waals surface area (Å²) in [5.74, 6) is -0.215. The van der Waals surface area contributed by atoms with Crippen LogP contribution in [0.2, 0.25) is 0 Å². The number of hydrogen-bond acceptors (Lipinski definition) is 2. The predicted molar refractivity (Wildman–Crippen MR) is 76.1 cm³/mol. The third kappa shape index (κ3) is 2.30. The van der Waals surface area contributed by atoms with E-state index < -0.39 is 0 Å². The van der Waals surface area contributed by atoms with Crippen LogP contribution in [0.25, 0.3) is 0 Å². The molecule has 0 bridgehead atoms. The maximum Gasteiger partial charge on any atom is 0.228 e. The summed E-state index contributed by atoms with van der Waals surface area (Å²) in [4.78, 5) is 11.4. The Morgan fingerprint density at radius 1 is 1.15 bits per heavy atom. The molecule has 1 aliphatic rings. The van der Waals surface area contributed by atoms with Crippen LogP contribution in [0, 0.1) is 5.82 Å². The highest BCUT2D eigenvalue weighted by atomic mass is 19.1. The van der Waals surface area contributed by atoms with Crippen molar-refractivity contribution < 1.29 is 9.18 Å². The number of nitrogens with one attached hydrogen (secondary N) is 2. The molecule has 2 aromatic rings. The zero-order valence-electron chi connectivity index (χ0n) is 11.1. The van der Waals surface area contributed by atoms with Crippen molar-refractivity contribution in [3.63, 3.8) is 0 Å². The average molecular weight is 270 g/mol. The molecule has 102 valence electrons. The molecule has 1 aliphatic heterocycles. The second kappa shape index (κ2) is 5.06. The molecule has 0 saturated heterocycles. The molecule has 1 unspecified atom stereocenters. The van der Waals surface area contributed by atoms with Crippen molar-refractivity contribution in [3.05, 3.63) is 65.0 Å². The summed E-state index contributed by atoms with van der Waals surface area (Å²) in [5.41, 5.74) is 3.95. The van der Waals surface area contributed by atoms with Gasteiger partial charge in [-0.2, -0.15) is 0 Å². The van der Waals surface area contributed by atoms with Gasteiger partial charge in [0.15, 0.2) is 0 Å². The predicted octanol–water partition coefficient (Wildman–Crippen LogP) is 2.63. The molecule has 1 amide bonds. The van der Waals surface area contributed by atoms with Crippen LogP contribution >= 0.6 is 0 Å². The lowest BCUT2D eigenvalue weighted by Crippen LogP contribution is -2.17. The van der Waals surface area contributed by atoms with E-state index in [1.165, 1.54) is 12.1 Å². The number of hydrogen-bond donors (Lipinski definition) is 2. The summed E-state index contributed by atoms with van der Waals surface area (Å²) in [5, 5.41) is 6.05. The van der Waals surface area contributed by atoms with Crippen LogP contribution in [0.4, 0.5) is 10.1 Å². The van der Waals surface area contributed by atoms with Crippen LogP contribution in [0.1, 0.15) is 22.7 Å². The van der Waals surface area contributed by atoms with E-state index >= 15 is 0 Å². The molecular formula is C16H15FN2O. The van der Waals surface area contributed by atoms with E-state index in [4.69, 9.17) is 0 Å². The van der Waals surface area contributed by atoms with Gasteiger partial charge in [-0.3, -0.25) is 4.79 Å². The van der Waals surface area contributed by atoms with Crippen LogP contribution in [0.15, 0.2) is 42.5 Å². The third-order valence-electron chi connectivity index (χ3n) is 3.58. The fourth-order valence-corrected chi connectivity index (χ4v) is 2.61. The van der Waals surface area contributed by atoms with Crippen LogP contribution in [0.3, 0.4) is 0 Å². The van der Waals surface area contributed by atoms with Gasteiger partial charge in [0.2, 0.25) is 5.91 Å². The first-order chi connectivity index (χ1) is 9.67. The molecular weight excluding hydrogens is 255 g/mol. The SMILES string of the molecule is CNC(c1ccc(F)cc1)c1ccc2c(c1)CC(=O)N2. The molecule has 0 fully saturated rings. The Kier molecular flexibility index (Phi) is 3.24. The normalized spacial score (nSPS) is 14.8. The topological polar surface area (TPSA) is 41.1 Å². The van der Waals surface area contributed by atoms with E-state index in [2.05, 4.69) is 10.6 Å². The number of fused-ring (bicyclic) bond motifs is 1. The van der Waals surface area contributed by atoms with Crippen LogP contribution < -0.4 is 10.6 Å². The Hall–Kier alpha value is -2.20. The number of carbonyl (C=O) groups is 1. The molecule has 4 heteroatoms. The van der Waals surface area contributed by atoms with Crippen LogP contribution in [-0.2, 0) is 11.2 Å². The van der Waals surface area contributed by atoms with Crippen molar-refractivity contribution >= 4 is 11.6 Å². The molecule has 0 spiro atoms. The average Bonchev–Trinajstić information content (AvgIpc) is 2.81. The van der Waals surface area contributed by atoms with Crippen molar-refractivity contribution in [2.75, 3.05) is 12.4 Å². The molecule has 0 radical (unpaired) electrons. The Morgan fingerprint density at radius 3 is 2.55 bits per heavy atom. The highest BCUT2D eigenvalue weighted by Gasteiger charge is 2.20. The van der Waals surface area contributed by atoms with Gasteiger partial charge in [0, 0.05) is 5.69 Å². The fraction of sp³-hybridized carbons (Fsp3) is 0.188.